The van der Waals surface area contributed by atoms with Crippen molar-refractivity contribution in [2.24, 2.45) is 0 Å². The summed E-state index contributed by atoms with van der Waals surface area (Å²) in [5.74, 6) is -0.171. The molecule has 0 saturated carbocycles. The Morgan fingerprint density at radius 3 is 2.43 bits per heavy atom. The fourth-order valence-electron chi connectivity index (χ4n) is 9.04. The number of ether oxygens (including phenoxy) is 1. The Bertz CT molecular complexity index is 2580. The number of aryl methyl sites for hydroxylation is 1. The van der Waals surface area contributed by atoms with Crippen molar-refractivity contribution in [3.63, 3.8) is 0 Å². The maximum atomic E-state index is 15.2. The highest BCUT2D eigenvalue weighted by Crippen LogP contribution is 2.42. The van der Waals surface area contributed by atoms with Gasteiger partial charge >= 0.3 is 0 Å². The normalized spacial score (nSPS) is 18.1. The molecule has 3 N–H and O–H groups in total. The number of carbonyl (C=O) groups excluding carboxylic acids is 2. The van der Waals surface area contributed by atoms with Crippen LogP contribution < -0.4 is 30.9 Å². The zero-order chi connectivity index (χ0) is 44.4. The van der Waals surface area contributed by atoms with E-state index >= 15 is 4.39 Å². The van der Waals surface area contributed by atoms with Crippen molar-refractivity contribution >= 4 is 91.7 Å². The largest absolute Gasteiger partial charge is 0.494 e. The minimum absolute atomic E-state index is 0.215. The molecule has 8 rings (SSSR count). The van der Waals surface area contributed by atoms with E-state index in [2.05, 4.69) is 80.6 Å². The molecule has 63 heavy (non-hydrogen) atoms. The number of rotatable bonds is 13. The number of aromatic nitrogens is 4. The second kappa shape index (κ2) is 19.2. The van der Waals surface area contributed by atoms with Crippen LogP contribution in [-0.4, -0.2) is 114 Å². The molecule has 18 heteroatoms. The molecule has 5 heterocycles. The maximum Gasteiger partial charge on any atom is 0.234 e. The van der Waals surface area contributed by atoms with Crippen LogP contribution in [0.25, 0.3) is 11.0 Å². The van der Waals surface area contributed by atoms with Crippen LogP contribution in [0.4, 0.5) is 33.2 Å². The minimum atomic E-state index is -2.78. The zero-order valence-corrected chi connectivity index (χ0v) is 39.1. The number of amides is 2. The molecular weight excluding hydrogens is 910 g/mol. The lowest BCUT2D eigenvalue weighted by atomic mass is 9.89. The number of imide groups is 1. The Morgan fingerprint density at radius 1 is 0.952 bits per heavy atom. The third kappa shape index (κ3) is 10.00. The average molecular weight is 962 g/mol. The summed E-state index contributed by atoms with van der Waals surface area (Å²) in [5, 5.41) is 10.1. The number of piperazine rings is 1. The summed E-state index contributed by atoms with van der Waals surface area (Å²) in [5.41, 5.74) is 5.97. The molecule has 332 valence electrons. The molecule has 2 aromatic heterocycles. The average Bonchev–Trinajstić information content (AvgIpc) is 3.27. The number of hydrogen-bond donors (Lipinski definition) is 3. The number of benzene rings is 3. The fraction of sp³-hybridized carbons (Fsp3) is 0.422. The van der Waals surface area contributed by atoms with Gasteiger partial charge in [-0.25, -0.2) is 9.37 Å². The lowest BCUT2D eigenvalue weighted by Gasteiger charge is -2.43. The highest BCUT2D eigenvalue weighted by Gasteiger charge is 2.32. The Hall–Kier alpha value is -4.73. The maximum absolute atomic E-state index is 15.2. The van der Waals surface area contributed by atoms with E-state index in [4.69, 9.17) is 21.3 Å². The van der Waals surface area contributed by atoms with Crippen LogP contribution in [0, 0.1) is 5.82 Å². The van der Waals surface area contributed by atoms with Gasteiger partial charge in [-0.2, -0.15) is 4.98 Å². The van der Waals surface area contributed by atoms with Gasteiger partial charge in [-0.15, -0.1) is 0 Å². The first kappa shape index (κ1) is 44.9. The SMILES string of the molecule is CCc1cc(Nc2ncc(Br)c(Nc3ccc4nccnc4c3P(C)(C)=O)n2)c(OC)cc1N1CCC(N2CCN(CCc3cc(Cl)c(C4CCC(=O)NC4=O)cc3F)CC2)CC1. The first-order valence-electron chi connectivity index (χ1n) is 21.4. The van der Waals surface area contributed by atoms with Crippen LogP contribution in [0.2, 0.25) is 5.02 Å². The standard InChI is InChI=1S/C45H52BrClFN10O4P/c1-5-27-23-37(53-45-51-26-32(46)43(55-45)52-36-8-7-35-41(50-14-13-49-35)42(36)63(3,4)61)39(62-2)25-38(27)58-16-11-29(12-17-58)57-20-18-56(19-21-57)15-10-28-22-33(47)31(24-34(28)48)30-6-9-40(59)54-44(30)60/h7-8,13-14,22-26,29-30H,5-6,9-12,15-21H2,1-4H3,(H,54,59,60)(H2,51,52,53,55). The lowest BCUT2D eigenvalue weighted by molar-refractivity contribution is -0.134. The van der Waals surface area contributed by atoms with E-state index in [0.29, 0.717) is 79.0 Å². The minimum Gasteiger partial charge on any atom is -0.494 e. The Morgan fingerprint density at radius 2 is 1.71 bits per heavy atom. The second-order valence-corrected chi connectivity index (χ2v) is 21.1. The first-order chi connectivity index (χ1) is 30.3. The Labute approximate surface area is 380 Å². The number of carbonyl (C=O) groups is 2. The number of piperidine rings is 2. The predicted octanol–water partition coefficient (Wildman–Crippen LogP) is 7.63. The summed E-state index contributed by atoms with van der Waals surface area (Å²) in [4.78, 5) is 49.7. The van der Waals surface area contributed by atoms with E-state index < -0.39 is 19.0 Å². The van der Waals surface area contributed by atoms with Gasteiger partial charge in [0, 0.05) is 93.6 Å². The van der Waals surface area contributed by atoms with Gasteiger partial charge in [-0.3, -0.25) is 29.8 Å². The highest BCUT2D eigenvalue weighted by molar-refractivity contribution is 9.10. The van der Waals surface area contributed by atoms with E-state index in [1.54, 1.807) is 45.1 Å². The van der Waals surface area contributed by atoms with E-state index in [1.807, 2.05) is 12.1 Å². The van der Waals surface area contributed by atoms with Crippen LogP contribution in [0.1, 0.15) is 55.2 Å². The number of nitrogens with zero attached hydrogens (tertiary/aromatic N) is 7. The molecule has 0 radical (unpaired) electrons. The molecule has 14 nitrogen and oxygen atoms in total. The van der Waals surface area contributed by atoms with Crippen LogP contribution in [-0.2, 0) is 27.0 Å². The van der Waals surface area contributed by atoms with Crippen LogP contribution in [0.3, 0.4) is 0 Å². The molecule has 1 unspecified atom stereocenters. The van der Waals surface area contributed by atoms with Gasteiger partial charge in [-0.05, 0) is 108 Å². The number of hydrogen-bond acceptors (Lipinski definition) is 13. The first-order valence-corrected chi connectivity index (χ1v) is 25.2. The summed E-state index contributed by atoms with van der Waals surface area (Å²) in [6.07, 6.45) is 8.89. The van der Waals surface area contributed by atoms with Crippen molar-refractivity contribution in [3.8, 4) is 5.75 Å². The summed E-state index contributed by atoms with van der Waals surface area (Å²) < 4.78 is 35.3. The molecule has 3 aliphatic rings. The number of anilines is 5. The van der Waals surface area contributed by atoms with Gasteiger partial charge in [0.05, 0.1) is 39.7 Å². The topological polar surface area (TPSA) is 158 Å². The molecule has 0 spiro atoms. The van der Waals surface area contributed by atoms with Crippen molar-refractivity contribution in [2.45, 2.75) is 57.4 Å². The molecular formula is C45H52BrClFN10O4P. The van der Waals surface area contributed by atoms with Crippen LogP contribution >= 0.6 is 34.7 Å². The molecule has 0 aliphatic carbocycles. The Balaban J connectivity index is 0.869. The molecule has 0 bridgehead atoms. The van der Waals surface area contributed by atoms with Gasteiger partial charge in [-0.1, -0.05) is 18.5 Å². The smallest absolute Gasteiger partial charge is 0.234 e. The fourth-order valence-corrected chi connectivity index (χ4v) is 11.0. The summed E-state index contributed by atoms with van der Waals surface area (Å²) in [6, 6.07) is 11.4. The van der Waals surface area contributed by atoms with Gasteiger partial charge in [0.25, 0.3) is 0 Å². The molecule has 3 aromatic carbocycles. The lowest BCUT2D eigenvalue weighted by Crippen LogP contribution is -2.53. The Kier molecular flexibility index (Phi) is 13.6. The highest BCUT2D eigenvalue weighted by atomic mass is 79.9. The number of methoxy groups -OCH3 is 1. The van der Waals surface area contributed by atoms with Crippen molar-refractivity contribution in [2.75, 3.05) is 81.8 Å². The quantitative estimate of drug-likeness (QED) is 0.0783. The summed E-state index contributed by atoms with van der Waals surface area (Å²) in [7, 11) is -1.11. The van der Waals surface area contributed by atoms with Crippen molar-refractivity contribution in [1.82, 2.24) is 35.1 Å². The molecule has 2 amide bonds. The molecule has 3 saturated heterocycles. The van der Waals surface area contributed by atoms with E-state index in [1.165, 1.54) is 11.6 Å². The van der Waals surface area contributed by atoms with Gasteiger partial charge in [0.1, 0.15) is 30.0 Å². The zero-order valence-electron chi connectivity index (χ0n) is 35.9. The monoisotopic (exact) mass is 960 g/mol. The van der Waals surface area contributed by atoms with Crippen LogP contribution in [0.5, 0.6) is 5.75 Å². The number of fused-ring (bicyclic) bond motifs is 1. The van der Waals surface area contributed by atoms with E-state index in [0.717, 1.165) is 76.5 Å². The predicted molar refractivity (Wildman–Crippen MR) is 251 cm³/mol. The molecule has 3 fully saturated rings. The summed E-state index contributed by atoms with van der Waals surface area (Å²) in [6.45, 7) is 11.9. The van der Waals surface area contributed by atoms with Gasteiger partial charge < -0.3 is 29.7 Å². The van der Waals surface area contributed by atoms with Crippen LogP contribution in [0.15, 0.2) is 59.5 Å². The molecule has 5 aromatic rings. The van der Waals surface area contributed by atoms with Crippen molar-refractivity contribution in [3.05, 3.63) is 87.0 Å². The van der Waals surface area contributed by atoms with Gasteiger partial charge in [0.2, 0.25) is 17.8 Å². The summed E-state index contributed by atoms with van der Waals surface area (Å²) >= 11 is 10.1. The second-order valence-electron chi connectivity index (χ2n) is 16.7. The third-order valence-electron chi connectivity index (χ3n) is 12.4. The van der Waals surface area contributed by atoms with E-state index in [9.17, 15) is 14.2 Å². The van der Waals surface area contributed by atoms with Gasteiger partial charge in [0.15, 0.2) is 0 Å². The number of nitrogens with one attached hydrogen (secondary N) is 3. The molecule has 1 atom stereocenters. The van der Waals surface area contributed by atoms with Crippen molar-refractivity contribution in [1.29, 1.82) is 0 Å². The molecule has 3 aliphatic heterocycles. The third-order valence-corrected chi connectivity index (χ3v) is 14.8. The number of halogens is 3. The van der Waals surface area contributed by atoms with E-state index in [-0.39, 0.29) is 18.1 Å². The van der Waals surface area contributed by atoms with Crippen molar-refractivity contribution < 1.29 is 23.3 Å².